The molecule has 4 unspecified atom stereocenters. The van der Waals surface area contributed by atoms with Crippen molar-refractivity contribution in [2.24, 2.45) is 11.8 Å². The zero-order valence-corrected chi connectivity index (χ0v) is 13.5. The van der Waals surface area contributed by atoms with Crippen molar-refractivity contribution in [3.8, 4) is 0 Å². The number of ketones is 1. The molecule has 0 aromatic carbocycles. The number of methoxy groups -OCH3 is 1. The van der Waals surface area contributed by atoms with Gasteiger partial charge in [-0.05, 0) is 18.8 Å². The monoisotopic (exact) mass is 324 g/mol. The molecule has 7 nitrogen and oxygen atoms in total. The first kappa shape index (κ1) is 25.9. The van der Waals surface area contributed by atoms with Crippen LogP contribution in [0.3, 0.4) is 0 Å². The Bertz CT molecular complexity index is 315. The minimum atomic E-state index is -1.43. The summed E-state index contributed by atoms with van der Waals surface area (Å²) in [4.78, 5) is 21.1. The number of carbonyl (C=O) groups excluding carboxylic acids is 2. The van der Waals surface area contributed by atoms with Crippen LogP contribution in [0, 0.1) is 11.8 Å². The lowest BCUT2D eigenvalue weighted by Gasteiger charge is -2.18. The summed E-state index contributed by atoms with van der Waals surface area (Å²) in [6.07, 6.45) is -4.64. The number of Topliss-reactive ketones (excluding diaryl/α,β-unsaturated/α-hetero) is 1. The zero-order valence-electron chi connectivity index (χ0n) is 13.5. The lowest BCUT2D eigenvalue weighted by Crippen LogP contribution is -2.38. The molecule has 0 aliphatic carbocycles. The van der Waals surface area contributed by atoms with E-state index in [0.717, 1.165) is 0 Å². The summed E-state index contributed by atoms with van der Waals surface area (Å²) < 4.78 is 4.23. The Morgan fingerprint density at radius 1 is 0.818 bits per heavy atom. The molecule has 0 spiro atoms. The molecule has 0 rings (SSSR count). The third-order valence-electron chi connectivity index (χ3n) is 2.87. The lowest BCUT2D eigenvalue weighted by atomic mass is 10.00. The molecule has 4 N–H and O–H groups in total. The predicted molar refractivity (Wildman–Crippen MR) is 83.1 cm³/mol. The molecule has 0 aliphatic heterocycles. The highest BCUT2D eigenvalue weighted by molar-refractivity contribution is 5.80. The van der Waals surface area contributed by atoms with Gasteiger partial charge in [-0.1, -0.05) is 35.1 Å². The molecule has 0 fully saturated rings. The molecule has 0 saturated heterocycles. The van der Waals surface area contributed by atoms with Gasteiger partial charge in [0.2, 0.25) is 0 Å². The molecule has 0 aromatic rings. The van der Waals surface area contributed by atoms with Gasteiger partial charge >= 0.3 is 5.97 Å². The van der Waals surface area contributed by atoms with E-state index in [1.807, 2.05) is 0 Å². The molecule has 0 bridgehead atoms. The number of ether oxygens (including phenoxy) is 1. The normalized spacial score (nSPS) is 15.8. The third kappa shape index (κ3) is 9.83. The van der Waals surface area contributed by atoms with Crippen LogP contribution in [0.4, 0.5) is 0 Å². The molecule has 0 aromatic heterocycles. The first-order valence-corrected chi connectivity index (χ1v) is 6.77. The Kier molecular flexibility index (Phi) is 14.7. The fourth-order valence-electron chi connectivity index (χ4n) is 1.23. The van der Waals surface area contributed by atoms with Gasteiger partial charge < -0.3 is 25.2 Å². The number of aliphatic hydroxyl groups is 4. The van der Waals surface area contributed by atoms with Gasteiger partial charge in [0.25, 0.3) is 0 Å². The Hall–Kier alpha value is -1.02. The molecule has 7 heteroatoms. The highest BCUT2D eigenvalue weighted by Gasteiger charge is 2.27. The van der Waals surface area contributed by atoms with E-state index in [-0.39, 0.29) is 25.0 Å². The fourth-order valence-corrected chi connectivity index (χ4v) is 1.23. The summed E-state index contributed by atoms with van der Waals surface area (Å²) in [5, 5.41) is 36.2. The molecule has 0 aliphatic rings. The van der Waals surface area contributed by atoms with Gasteiger partial charge in [0.15, 0.2) is 11.9 Å². The van der Waals surface area contributed by atoms with Crippen LogP contribution < -0.4 is 0 Å². The van der Waals surface area contributed by atoms with Crippen LogP contribution in [0.25, 0.3) is 0 Å². The van der Waals surface area contributed by atoms with Crippen molar-refractivity contribution in [3.05, 3.63) is 0 Å². The first-order chi connectivity index (χ1) is 9.47. The van der Waals surface area contributed by atoms with E-state index in [0.29, 0.717) is 0 Å². The van der Waals surface area contributed by atoms with Gasteiger partial charge in [-0.25, -0.2) is 4.79 Å². The molecule has 4 atom stereocenters. The fraction of sp³-hybridized carbons (Fsp3) is 0.867. The van der Waals surface area contributed by atoms with Crippen molar-refractivity contribution >= 4 is 11.8 Å². The van der Waals surface area contributed by atoms with E-state index in [1.165, 1.54) is 14.0 Å². The smallest absolute Gasteiger partial charge is 0.337 e. The molecule has 134 valence electrons. The summed E-state index contributed by atoms with van der Waals surface area (Å²) >= 11 is 0. The summed E-state index contributed by atoms with van der Waals surface area (Å²) in [7, 11) is 1.17. The zero-order chi connectivity index (χ0) is 17.3. The van der Waals surface area contributed by atoms with Gasteiger partial charge in [-0.2, -0.15) is 0 Å². The first-order valence-electron chi connectivity index (χ1n) is 6.77. The highest BCUT2D eigenvalue weighted by Crippen LogP contribution is 2.07. The molecule has 22 heavy (non-hydrogen) atoms. The number of aliphatic hydroxyl groups excluding tert-OH is 4. The van der Waals surface area contributed by atoms with Crippen molar-refractivity contribution < 1.29 is 34.8 Å². The molecule has 0 heterocycles. The number of esters is 1. The van der Waals surface area contributed by atoms with Gasteiger partial charge in [-0.15, -0.1) is 0 Å². The average molecular weight is 324 g/mol. The van der Waals surface area contributed by atoms with Crippen molar-refractivity contribution in [1.29, 1.82) is 0 Å². The minimum Gasteiger partial charge on any atom is -0.467 e. The second-order valence-electron chi connectivity index (χ2n) is 5.49. The minimum absolute atomic E-state index is 0. The maximum absolute atomic E-state index is 10.6. The standard InChI is InChI=1S/C7H14O4.C7H14O3.CH4/c1-4(2)5(8)6(9)7(10)11-3;1-4(2)6(9)7(10)5(3)8;/h4-6,8-9H,1-3H3;4,6-7,9-10H,1-3H3;1H4. The van der Waals surface area contributed by atoms with Crippen molar-refractivity contribution in [1.82, 2.24) is 0 Å². The third-order valence-corrected chi connectivity index (χ3v) is 2.87. The van der Waals surface area contributed by atoms with Crippen molar-refractivity contribution in [2.45, 2.75) is 66.5 Å². The number of carbonyl (C=O) groups is 2. The van der Waals surface area contributed by atoms with E-state index < -0.39 is 30.4 Å². The Balaban J connectivity index is -0.000000315. The maximum Gasteiger partial charge on any atom is 0.337 e. The second kappa shape index (κ2) is 12.5. The van der Waals surface area contributed by atoms with Crippen LogP contribution in [-0.4, -0.2) is 63.7 Å². The van der Waals surface area contributed by atoms with Crippen molar-refractivity contribution in [3.63, 3.8) is 0 Å². The number of hydrogen-bond acceptors (Lipinski definition) is 7. The van der Waals surface area contributed by atoms with Crippen molar-refractivity contribution in [2.75, 3.05) is 7.11 Å². The van der Waals surface area contributed by atoms with E-state index in [9.17, 15) is 9.59 Å². The van der Waals surface area contributed by atoms with Crippen LogP contribution in [0.5, 0.6) is 0 Å². The number of hydrogen-bond donors (Lipinski definition) is 4. The van der Waals surface area contributed by atoms with E-state index in [4.69, 9.17) is 20.4 Å². The predicted octanol–water partition coefficient (Wildman–Crippen LogP) is 0.126. The average Bonchev–Trinajstić information content (AvgIpc) is 2.43. The van der Waals surface area contributed by atoms with Crippen LogP contribution in [-0.2, 0) is 14.3 Å². The Labute approximate surface area is 132 Å². The summed E-state index contributed by atoms with van der Waals surface area (Å²) in [6, 6.07) is 0. The van der Waals surface area contributed by atoms with Crippen LogP contribution >= 0.6 is 0 Å². The van der Waals surface area contributed by atoms with Gasteiger partial charge in [-0.3, -0.25) is 4.79 Å². The van der Waals surface area contributed by atoms with Crippen LogP contribution in [0.2, 0.25) is 0 Å². The van der Waals surface area contributed by atoms with Gasteiger partial charge in [0.05, 0.1) is 19.3 Å². The van der Waals surface area contributed by atoms with Crippen LogP contribution in [0.15, 0.2) is 0 Å². The summed E-state index contributed by atoms with van der Waals surface area (Å²) in [5.74, 6) is -1.43. The molecule has 0 saturated carbocycles. The number of rotatable bonds is 6. The second-order valence-corrected chi connectivity index (χ2v) is 5.49. The van der Waals surface area contributed by atoms with Crippen LogP contribution in [0.1, 0.15) is 42.0 Å². The Morgan fingerprint density at radius 2 is 1.14 bits per heavy atom. The van der Waals surface area contributed by atoms with E-state index >= 15 is 0 Å². The SMILES string of the molecule is C.CC(=O)C(O)C(O)C(C)C.COC(=O)C(O)C(O)C(C)C. The summed E-state index contributed by atoms with van der Waals surface area (Å²) in [5.41, 5.74) is 0. The highest BCUT2D eigenvalue weighted by atomic mass is 16.5. The molecule has 0 radical (unpaired) electrons. The Morgan fingerprint density at radius 3 is 1.32 bits per heavy atom. The van der Waals surface area contributed by atoms with E-state index in [2.05, 4.69) is 4.74 Å². The largest absolute Gasteiger partial charge is 0.467 e. The lowest BCUT2D eigenvalue weighted by molar-refractivity contribution is -0.158. The van der Waals surface area contributed by atoms with Gasteiger partial charge in [0, 0.05) is 0 Å². The summed E-state index contributed by atoms with van der Waals surface area (Å²) in [6.45, 7) is 8.16. The van der Waals surface area contributed by atoms with E-state index in [1.54, 1.807) is 27.7 Å². The molecular weight excluding hydrogens is 292 g/mol. The van der Waals surface area contributed by atoms with Gasteiger partial charge in [0.1, 0.15) is 6.10 Å². The maximum atomic E-state index is 10.6. The molecule has 0 amide bonds. The molecular formula is C15H32O7. The quantitative estimate of drug-likeness (QED) is 0.512. The topological polar surface area (TPSA) is 124 Å².